The number of fused-ring (bicyclic) bond motifs is 1. The van der Waals surface area contributed by atoms with Crippen LogP contribution >= 0.6 is 0 Å². The van der Waals surface area contributed by atoms with Gasteiger partial charge < -0.3 is 9.67 Å². The van der Waals surface area contributed by atoms with Crippen molar-refractivity contribution in [1.29, 1.82) is 0 Å². The maximum Gasteiger partial charge on any atom is 0.323 e. The average molecular weight is 217 g/mol. The van der Waals surface area contributed by atoms with Gasteiger partial charge in [0.15, 0.2) is 0 Å². The Hall–Kier alpha value is -1.77. The number of hydrogen-bond donors (Lipinski definition) is 1. The Balaban J connectivity index is 2.57. The predicted octanol–water partition coefficient (Wildman–Crippen LogP) is 2.60. The van der Waals surface area contributed by atoms with Gasteiger partial charge in [-0.05, 0) is 37.1 Å². The number of carboxylic acids is 1. The molecule has 0 unspecified atom stereocenters. The van der Waals surface area contributed by atoms with Crippen molar-refractivity contribution >= 4 is 16.9 Å². The summed E-state index contributed by atoms with van der Waals surface area (Å²) in [5.41, 5.74) is 3.27. The van der Waals surface area contributed by atoms with E-state index in [9.17, 15) is 4.79 Å². The van der Waals surface area contributed by atoms with Crippen LogP contribution in [0.25, 0.3) is 10.9 Å². The van der Waals surface area contributed by atoms with Gasteiger partial charge >= 0.3 is 5.97 Å². The summed E-state index contributed by atoms with van der Waals surface area (Å²) >= 11 is 0. The zero-order chi connectivity index (χ0) is 11.7. The van der Waals surface area contributed by atoms with E-state index < -0.39 is 5.97 Å². The third kappa shape index (κ3) is 1.81. The average Bonchev–Trinajstić information content (AvgIpc) is 2.54. The number of carbonyl (C=O) groups is 1. The van der Waals surface area contributed by atoms with Crippen LogP contribution in [0.5, 0.6) is 0 Å². The van der Waals surface area contributed by atoms with E-state index in [1.165, 1.54) is 5.56 Å². The van der Waals surface area contributed by atoms with Crippen molar-refractivity contribution in [3.63, 3.8) is 0 Å². The first-order chi connectivity index (χ1) is 7.61. The molecule has 0 spiro atoms. The maximum absolute atomic E-state index is 10.8. The summed E-state index contributed by atoms with van der Waals surface area (Å²) in [6.07, 6.45) is 0.999. The monoisotopic (exact) mass is 217 g/mol. The van der Waals surface area contributed by atoms with Crippen molar-refractivity contribution in [2.24, 2.45) is 0 Å². The van der Waals surface area contributed by atoms with E-state index >= 15 is 0 Å². The Morgan fingerprint density at radius 3 is 2.75 bits per heavy atom. The molecule has 0 atom stereocenters. The van der Waals surface area contributed by atoms with Crippen LogP contribution in [-0.2, 0) is 17.8 Å². The van der Waals surface area contributed by atoms with E-state index in [2.05, 4.69) is 19.1 Å². The first-order valence-electron chi connectivity index (χ1n) is 5.42. The lowest BCUT2D eigenvalue weighted by molar-refractivity contribution is -0.137. The number of aromatic nitrogens is 1. The van der Waals surface area contributed by atoms with E-state index in [4.69, 9.17) is 5.11 Å². The van der Waals surface area contributed by atoms with Crippen LogP contribution in [0.1, 0.15) is 18.2 Å². The lowest BCUT2D eigenvalue weighted by Crippen LogP contribution is -2.09. The second-order valence-electron chi connectivity index (χ2n) is 4.01. The Kier molecular flexibility index (Phi) is 2.69. The van der Waals surface area contributed by atoms with E-state index in [1.54, 1.807) is 0 Å². The molecule has 0 radical (unpaired) electrons. The van der Waals surface area contributed by atoms with Crippen molar-refractivity contribution in [3.05, 3.63) is 35.5 Å². The highest BCUT2D eigenvalue weighted by atomic mass is 16.4. The summed E-state index contributed by atoms with van der Waals surface area (Å²) in [5, 5.41) is 9.97. The lowest BCUT2D eigenvalue weighted by atomic mass is 10.1. The number of aliphatic carboxylic acids is 1. The highest BCUT2D eigenvalue weighted by molar-refractivity contribution is 5.83. The minimum atomic E-state index is -0.805. The number of carboxylic acid groups (broad SMARTS) is 1. The fourth-order valence-corrected chi connectivity index (χ4v) is 2.02. The Labute approximate surface area is 94.3 Å². The molecule has 3 heteroatoms. The van der Waals surface area contributed by atoms with Crippen molar-refractivity contribution in [2.75, 3.05) is 0 Å². The smallest absolute Gasteiger partial charge is 0.323 e. The Morgan fingerprint density at radius 1 is 1.38 bits per heavy atom. The summed E-state index contributed by atoms with van der Waals surface area (Å²) in [6.45, 7) is 4.08. The standard InChI is InChI=1S/C13H15NO2/c1-3-10-4-5-12-11(7-10)6-9(2)14(12)8-13(15)16/h4-7H,3,8H2,1-2H3,(H,15,16). The van der Waals surface area contributed by atoms with Crippen LogP contribution in [-0.4, -0.2) is 15.6 Å². The number of benzene rings is 1. The van der Waals surface area contributed by atoms with Crippen molar-refractivity contribution < 1.29 is 9.90 Å². The molecule has 1 aromatic carbocycles. The molecular formula is C13H15NO2. The molecule has 0 aliphatic heterocycles. The highest BCUT2D eigenvalue weighted by Crippen LogP contribution is 2.21. The van der Waals surface area contributed by atoms with Crippen LogP contribution < -0.4 is 0 Å². The third-order valence-electron chi connectivity index (χ3n) is 2.87. The van der Waals surface area contributed by atoms with Crippen LogP contribution in [0.15, 0.2) is 24.3 Å². The second-order valence-corrected chi connectivity index (χ2v) is 4.01. The van der Waals surface area contributed by atoms with E-state index in [-0.39, 0.29) is 6.54 Å². The van der Waals surface area contributed by atoms with E-state index in [0.29, 0.717) is 0 Å². The number of rotatable bonds is 3. The summed E-state index contributed by atoms with van der Waals surface area (Å²) in [7, 11) is 0. The Morgan fingerprint density at radius 2 is 2.12 bits per heavy atom. The molecular weight excluding hydrogens is 202 g/mol. The second kappa shape index (κ2) is 4.00. The minimum absolute atomic E-state index is 0.0286. The van der Waals surface area contributed by atoms with Gasteiger partial charge in [-0.3, -0.25) is 4.79 Å². The van der Waals surface area contributed by atoms with Crippen molar-refractivity contribution in [1.82, 2.24) is 4.57 Å². The van der Waals surface area contributed by atoms with Gasteiger partial charge in [0.05, 0.1) is 0 Å². The number of hydrogen-bond acceptors (Lipinski definition) is 1. The van der Waals surface area contributed by atoms with Gasteiger partial charge in [-0.25, -0.2) is 0 Å². The van der Waals surface area contributed by atoms with Gasteiger partial charge in [0.25, 0.3) is 0 Å². The summed E-state index contributed by atoms with van der Waals surface area (Å²) in [4.78, 5) is 10.8. The van der Waals surface area contributed by atoms with Gasteiger partial charge in [0, 0.05) is 16.6 Å². The summed E-state index contributed by atoms with van der Waals surface area (Å²) in [6, 6.07) is 8.22. The topological polar surface area (TPSA) is 42.2 Å². The first kappa shape index (κ1) is 10.7. The molecule has 16 heavy (non-hydrogen) atoms. The molecule has 0 bridgehead atoms. The molecule has 2 rings (SSSR count). The Bertz CT molecular complexity index is 540. The van der Waals surface area contributed by atoms with E-state index in [1.807, 2.05) is 23.6 Å². The molecule has 1 N–H and O–H groups in total. The molecule has 0 fully saturated rings. The summed E-state index contributed by atoms with van der Waals surface area (Å²) in [5.74, 6) is -0.805. The largest absolute Gasteiger partial charge is 0.480 e. The first-order valence-corrected chi connectivity index (χ1v) is 5.42. The molecule has 0 amide bonds. The molecule has 0 saturated carbocycles. The van der Waals surface area contributed by atoms with Gasteiger partial charge in [0.2, 0.25) is 0 Å². The molecule has 3 nitrogen and oxygen atoms in total. The van der Waals surface area contributed by atoms with Gasteiger partial charge in [-0.15, -0.1) is 0 Å². The normalized spacial score (nSPS) is 10.9. The minimum Gasteiger partial charge on any atom is -0.480 e. The molecule has 1 heterocycles. The molecule has 0 saturated heterocycles. The van der Waals surface area contributed by atoms with Gasteiger partial charge in [-0.1, -0.05) is 13.0 Å². The zero-order valence-electron chi connectivity index (χ0n) is 9.53. The van der Waals surface area contributed by atoms with E-state index in [0.717, 1.165) is 23.0 Å². The lowest BCUT2D eigenvalue weighted by Gasteiger charge is -2.04. The fraction of sp³-hybridized carbons (Fsp3) is 0.308. The quantitative estimate of drug-likeness (QED) is 0.858. The van der Waals surface area contributed by atoms with Crippen LogP contribution in [0, 0.1) is 6.92 Å². The third-order valence-corrected chi connectivity index (χ3v) is 2.87. The highest BCUT2D eigenvalue weighted by Gasteiger charge is 2.08. The molecule has 0 aliphatic carbocycles. The zero-order valence-corrected chi connectivity index (χ0v) is 9.53. The fourth-order valence-electron chi connectivity index (χ4n) is 2.02. The SMILES string of the molecule is CCc1ccc2c(c1)cc(C)n2CC(=O)O. The van der Waals surface area contributed by atoms with Crippen LogP contribution in [0.2, 0.25) is 0 Å². The number of nitrogens with zero attached hydrogens (tertiary/aromatic N) is 1. The van der Waals surface area contributed by atoms with Crippen LogP contribution in [0.3, 0.4) is 0 Å². The molecule has 84 valence electrons. The van der Waals surface area contributed by atoms with Crippen molar-refractivity contribution in [2.45, 2.75) is 26.8 Å². The molecule has 2 aromatic rings. The van der Waals surface area contributed by atoms with Gasteiger partial charge in [0.1, 0.15) is 6.54 Å². The predicted molar refractivity (Wildman–Crippen MR) is 63.7 cm³/mol. The molecule has 0 aliphatic rings. The summed E-state index contributed by atoms with van der Waals surface area (Å²) < 4.78 is 1.83. The maximum atomic E-state index is 10.8. The number of aryl methyl sites for hydroxylation is 2. The van der Waals surface area contributed by atoms with Crippen molar-refractivity contribution in [3.8, 4) is 0 Å². The van der Waals surface area contributed by atoms with Crippen LogP contribution in [0.4, 0.5) is 0 Å². The molecule has 1 aromatic heterocycles. The van der Waals surface area contributed by atoms with Gasteiger partial charge in [-0.2, -0.15) is 0 Å².